The molecule has 1 N–H and O–H groups in total. The molecule has 124 valence electrons. The zero-order chi connectivity index (χ0) is 15.0. The van der Waals surface area contributed by atoms with Crippen LogP contribution in [-0.2, 0) is 0 Å². The van der Waals surface area contributed by atoms with E-state index in [9.17, 15) is 0 Å². The third-order valence-electron chi connectivity index (χ3n) is 5.86. The fourth-order valence-electron chi connectivity index (χ4n) is 4.64. The molecule has 0 radical (unpaired) electrons. The summed E-state index contributed by atoms with van der Waals surface area (Å²) in [6.07, 6.45) is 14.5. The van der Waals surface area contributed by atoms with Crippen molar-refractivity contribution in [1.82, 2.24) is 10.2 Å². The van der Waals surface area contributed by atoms with Crippen molar-refractivity contribution in [1.29, 1.82) is 0 Å². The van der Waals surface area contributed by atoms with Gasteiger partial charge in [0.15, 0.2) is 0 Å². The van der Waals surface area contributed by atoms with Crippen LogP contribution in [0.1, 0.15) is 78.1 Å². The molecule has 2 heteroatoms. The fraction of sp³-hybridized carbons (Fsp3) is 1.00. The maximum atomic E-state index is 3.67. The van der Waals surface area contributed by atoms with Crippen LogP contribution in [0, 0.1) is 11.3 Å². The summed E-state index contributed by atoms with van der Waals surface area (Å²) in [5.41, 5.74) is 0.582. The van der Waals surface area contributed by atoms with Crippen molar-refractivity contribution in [3.63, 3.8) is 0 Å². The van der Waals surface area contributed by atoms with Crippen molar-refractivity contribution in [3.8, 4) is 0 Å². The van der Waals surface area contributed by atoms with Gasteiger partial charge in [0.2, 0.25) is 0 Å². The Morgan fingerprint density at radius 2 is 1.81 bits per heavy atom. The van der Waals surface area contributed by atoms with Crippen molar-refractivity contribution < 1.29 is 0 Å². The first-order valence-electron chi connectivity index (χ1n) is 9.71. The van der Waals surface area contributed by atoms with Gasteiger partial charge in [0.05, 0.1) is 0 Å². The van der Waals surface area contributed by atoms with Crippen LogP contribution in [-0.4, -0.2) is 37.6 Å². The van der Waals surface area contributed by atoms with Crippen LogP contribution in [0.4, 0.5) is 0 Å². The standard InChI is InChI=1S/C19H38N2/c1-3-9-18-10-8-14-21(15-11-18)17-19(16-20-4-2)12-6-5-7-13-19/h18,20H,3-17H2,1-2H3. The van der Waals surface area contributed by atoms with Gasteiger partial charge in [-0.05, 0) is 63.1 Å². The van der Waals surface area contributed by atoms with E-state index in [0.29, 0.717) is 5.41 Å². The first-order chi connectivity index (χ1) is 10.3. The molecule has 1 heterocycles. The van der Waals surface area contributed by atoms with E-state index < -0.39 is 0 Å². The van der Waals surface area contributed by atoms with Gasteiger partial charge in [0.1, 0.15) is 0 Å². The molecule has 1 saturated carbocycles. The predicted molar refractivity (Wildman–Crippen MR) is 92.8 cm³/mol. The number of nitrogens with zero attached hydrogens (tertiary/aromatic N) is 1. The molecule has 2 fully saturated rings. The lowest BCUT2D eigenvalue weighted by molar-refractivity contribution is 0.104. The molecule has 21 heavy (non-hydrogen) atoms. The molecule has 1 unspecified atom stereocenters. The van der Waals surface area contributed by atoms with Crippen LogP contribution >= 0.6 is 0 Å². The van der Waals surface area contributed by atoms with Crippen molar-refractivity contribution in [2.75, 3.05) is 32.7 Å². The molecule has 1 aliphatic carbocycles. The predicted octanol–water partition coefficient (Wildman–Crippen LogP) is 4.45. The number of nitrogens with one attached hydrogen (secondary N) is 1. The average molecular weight is 295 g/mol. The second-order valence-corrected chi connectivity index (χ2v) is 7.70. The molecule has 1 saturated heterocycles. The summed E-state index contributed by atoms with van der Waals surface area (Å²) < 4.78 is 0. The van der Waals surface area contributed by atoms with Gasteiger partial charge in [-0.3, -0.25) is 0 Å². The molecule has 0 aromatic rings. The first kappa shape index (κ1) is 17.3. The van der Waals surface area contributed by atoms with Crippen LogP contribution in [0.2, 0.25) is 0 Å². The minimum absolute atomic E-state index is 0.582. The quantitative estimate of drug-likeness (QED) is 0.746. The number of hydrogen-bond acceptors (Lipinski definition) is 2. The molecule has 2 nitrogen and oxygen atoms in total. The van der Waals surface area contributed by atoms with Crippen LogP contribution in [0.25, 0.3) is 0 Å². The molecule has 1 atom stereocenters. The zero-order valence-electron chi connectivity index (χ0n) is 14.6. The molecule has 0 bridgehead atoms. The molecule has 1 aliphatic heterocycles. The highest BCUT2D eigenvalue weighted by Crippen LogP contribution is 2.37. The number of hydrogen-bond donors (Lipinski definition) is 1. The van der Waals surface area contributed by atoms with Crippen molar-refractivity contribution in [2.45, 2.75) is 78.1 Å². The molecule has 2 aliphatic rings. The van der Waals surface area contributed by atoms with E-state index in [0.717, 1.165) is 12.5 Å². The fourth-order valence-corrected chi connectivity index (χ4v) is 4.64. The minimum Gasteiger partial charge on any atom is -0.316 e. The van der Waals surface area contributed by atoms with Gasteiger partial charge in [-0.25, -0.2) is 0 Å². The van der Waals surface area contributed by atoms with E-state index in [2.05, 4.69) is 24.1 Å². The first-order valence-corrected chi connectivity index (χ1v) is 9.71. The van der Waals surface area contributed by atoms with Crippen LogP contribution < -0.4 is 5.32 Å². The van der Waals surface area contributed by atoms with Gasteiger partial charge < -0.3 is 10.2 Å². The van der Waals surface area contributed by atoms with Gasteiger partial charge in [0.25, 0.3) is 0 Å². The van der Waals surface area contributed by atoms with Gasteiger partial charge in [0, 0.05) is 13.1 Å². The topological polar surface area (TPSA) is 15.3 Å². The van der Waals surface area contributed by atoms with E-state index in [-0.39, 0.29) is 0 Å². The number of likely N-dealkylation sites (tertiary alicyclic amines) is 1. The van der Waals surface area contributed by atoms with Gasteiger partial charge >= 0.3 is 0 Å². The summed E-state index contributed by atoms with van der Waals surface area (Å²) in [6.45, 7) is 11.0. The SMILES string of the molecule is CCCC1CCCN(CC2(CNCC)CCCCC2)CC1. The Morgan fingerprint density at radius 3 is 2.52 bits per heavy atom. The summed E-state index contributed by atoms with van der Waals surface area (Å²) in [4.78, 5) is 2.82. The van der Waals surface area contributed by atoms with E-state index in [1.165, 1.54) is 90.4 Å². The van der Waals surface area contributed by atoms with E-state index in [1.807, 2.05) is 0 Å². The van der Waals surface area contributed by atoms with Gasteiger partial charge in [-0.1, -0.05) is 46.0 Å². The lowest BCUT2D eigenvalue weighted by Gasteiger charge is -2.41. The Kier molecular flexibility index (Phi) is 7.53. The Hall–Kier alpha value is -0.0800. The third kappa shape index (κ3) is 5.56. The molecule has 2 rings (SSSR count). The molecular formula is C19H38N2. The van der Waals surface area contributed by atoms with E-state index in [4.69, 9.17) is 0 Å². The molecule has 0 aromatic heterocycles. The molecule has 0 aromatic carbocycles. The Bertz CT molecular complexity index is 271. The lowest BCUT2D eigenvalue weighted by Crippen LogP contribution is -2.45. The summed E-state index contributed by atoms with van der Waals surface area (Å²) in [5.74, 6) is 1.01. The molecule has 0 amide bonds. The van der Waals surface area contributed by atoms with Crippen LogP contribution in [0.15, 0.2) is 0 Å². The average Bonchev–Trinajstić information content (AvgIpc) is 2.72. The minimum atomic E-state index is 0.582. The lowest BCUT2D eigenvalue weighted by atomic mass is 9.73. The van der Waals surface area contributed by atoms with Crippen molar-refractivity contribution >= 4 is 0 Å². The van der Waals surface area contributed by atoms with E-state index >= 15 is 0 Å². The normalized spacial score (nSPS) is 27.4. The Labute approximate surface area is 133 Å². The van der Waals surface area contributed by atoms with Crippen molar-refractivity contribution in [2.24, 2.45) is 11.3 Å². The Balaban J connectivity index is 1.87. The Morgan fingerprint density at radius 1 is 1.00 bits per heavy atom. The second-order valence-electron chi connectivity index (χ2n) is 7.70. The highest BCUT2D eigenvalue weighted by Gasteiger charge is 2.33. The third-order valence-corrected chi connectivity index (χ3v) is 5.86. The maximum Gasteiger partial charge on any atom is 0.00501 e. The highest BCUT2D eigenvalue weighted by atomic mass is 15.1. The number of rotatable bonds is 7. The van der Waals surface area contributed by atoms with Gasteiger partial charge in [-0.2, -0.15) is 0 Å². The highest BCUT2D eigenvalue weighted by molar-refractivity contribution is 4.88. The summed E-state index contributed by atoms with van der Waals surface area (Å²) in [5, 5.41) is 3.67. The molecular weight excluding hydrogens is 256 g/mol. The molecule has 0 spiro atoms. The summed E-state index contributed by atoms with van der Waals surface area (Å²) in [7, 11) is 0. The van der Waals surface area contributed by atoms with Gasteiger partial charge in [-0.15, -0.1) is 0 Å². The monoisotopic (exact) mass is 294 g/mol. The van der Waals surface area contributed by atoms with Crippen LogP contribution in [0.3, 0.4) is 0 Å². The smallest absolute Gasteiger partial charge is 0.00501 e. The summed E-state index contributed by atoms with van der Waals surface area (Å²) in [6, 6.07) is 0. The largest absolute Gasteiger partial charge is 0.316 e. The second kappa shape index (κ2) is 9.15. The van der Waals surface area contributed by atoms with E-state index in [1.54, 1.807) is 0 Å². The van der Waals surface area contributed by atoms with Crippen molar-refractivity contribution in [3.05, 3.63) is 0 Å². The van der Waals surface area contributed by atoms with Crippen LogP contribution in [0.5, 0.6) is 0 Å². The zero-order valence-corrected chi connectivity index (χ0v) is 14.6. The summed E-state index contributed by atoms with van der Waals surface area (Å²) >= 11 is 0. The maximum absolute atomic E-state index is 3.67.